The molecule has 102 valence electrons. The predicted molar refractivity (Wildman–Crippen MR) is 64.1 cm³/mol. The highest BCUT2D eigenvalue weighted by molar-refractivity contribution is 5.79. The van der Waals surface area contributed by atoms with Crippen LogP contribution in [-0.2, 0) is 4.79 Å². The van der Waals surface area contributed by atoms with Crippen LogP contribution in [0.4, 0.5) is 4.79 Å². The number of aliphatic hydroxyl groups is 1. The molecule has 6 heteroatoms. The van der Waals surface area contributed by atoms with Gasteiger partial charge in [-0.25, -0.2) is 4.79 Å². The van der Waals surface area contributed by atoms with Crippen molar-refractivity contribution in [1.29, 1.82) is 0 Å². The summed E-state index contributed by atoms with van der Waals surface area (Å²) in [5, 5.41) is 21.6. The Hall–Kier alpha value is -1.30. The van der Waals surface area contributed by atoms with Gasteiger partial charge in [-0.15, -0.1) is 0 Å². The number of carbonyl (C=O) groups excluding carboxylic acids is 1. The molecule has 2 amide bonds. The number of nitrogens with one attached hydrogen (secondary N) is 1. The fourth-order valence-electron chi connectivity index (χ4n) is 2.54. The van der Waals surface area contributed by atoms with Crippen molar-refractivity contribution in [3.05, 3.63) is 0 Å². The van der Waals surface area contributed by atoms with Crippen LogP contribution in [0.1, 0.15) is 32.6 Å². The van der Waals surface area contributed by atoms with Crippen molar-refractivity contribution in [3.63, 3.8) is 0 Å². The second kappa shape index (κ2) is 4.42. The largest absolute Gasteiger partial charge is 0.481 e. The summed E-state index contributed by atoms with van der Waals surface area (Å²) in [5.74, 6) is -0.831. The molecule has 1 aliphatic carbocycles. The molecule has 1 saturated heterocycles. The first-order valence-electron chi connectivity index (χ1n) is 6.33. The minimum Gasteiger partial charge on any atom is -0.481 e. The molecule has 1 aliphatic heterocycles. The molecule has 0 spiro atoms. The lowest BCUT2D eigenvalue weighted by atomic mass is 9.69. The van der Waals surface area contributed by atoms with Gasteiger partial charge in [0.1, 0.15) is 0 Å². The Morgan fingerprint density at radius 1 is 1.33 bits per heavy atom. The van der Waals surface area contributed by atoms with Crippen LogP contribution in [0.15, 0.2) is 0 Å². The Labute approximate surface area is 106 Å². The average Bonchev–Trinajstić information content (AvgIpc) is 2.56. The third kappa shape index (κ3) is 2.43. The fourth-order valence-corrected chi connectivity index (χ4v) is 2.54. The minimum absolute atomic E-state index is 0.180. The van der Waals surface area contributed by atoms with Gasteiger partial charge in [0, 0.05) is 13.1 Å². The van der Waals surface area contributed by atoms with E-state index in [9.17, 15) is 14.7 Å². The monoisotopic (exact) mass is 256 g/mol. The van der Waals surface area contributed by atoms with E-state index in [2.05, 4.69) is 5.32 Å². The quantitative estimate of drug-likeness (QED) is 0.682. The molecule has 3 N–H and O–H groups in total. The first kappa shape index (κ1) is 13.1. The highest BCUT2D eigenvalue weighted by atomic mass is 16.4. The maximum Gasteiger partial charge on any atom is 0.317 e. The highest BCUT2D eigenvalue weighted by Crippen LogP contribution is 2.40. The number of carboxylic acids is 1. The summed E-state index contributed by atoms with van der Waals surface area (Å²) in [4.78, 5) is 24.5. The molecular weight excluding hydrogens is 236 g/mol. The van der Waals surface area contributed by atoms with Crippen molar-refractivity contribution >= 4 is 12.0 Å². The third-order valence-electron chi connectivity index (χ3n) is 4.08. The number of amides is 2. The fraction of sp³-hybridized carbons (Fsp3) is 0.833. The Balaban J connectivity index is 1.84. The van der Waals surface area contributed by atoms with Crippen LogP contribution >= 0.6 is 0 Å². The van der Waals surface area contributed by atoms with Crippen LogP contribution in [0.5, 0.6) is 0 Å². The van der Waals surface area contributed by atoms with Gasteiger partial charge in [-0.3, -0.25) is 4.79 Å². The summed E-state index contributed by atoms with van der Waals surface area (Å²) < 4.78 is 0. The summed E-state index contributed by atoms with van der Waals surface area (Å²) in [6, 6.07) is -0.277. The summed E-state index contributed by atoms with van der Waals surface area (Å²) in [6.07, 6.45) is 2.71. The van der Waals surface area contributed by atoms with Crippen molar-refractivity contribution in [2.75, 3.05) is 19.6 Å². The first-order chi connectivity index (χ1) is 8.35. The van der Waals surface area contributed by atoms with Crippen molar-refractivity contribution in [2.45, 2.75) is 38.2 Å². The van der Waals surface area contributed by atoms with Crippen LogP contribution in [-0.4, -0.2) is 52.3 Å². The van der Waals surface area contributed by atoms with Crippen molar-refractivity contribution in [1.82, 2.24) is 10.2 Å². The van der Waals surface area contributed by atoms with E-state index in [0.29, 0.717) is 32.4 Å². The van der Waals surface area contributed by atoms with Gasteiger partial charge in [0.15, 0.2) is 0 Å². The van der Waals surface area contributed by atoms with Gasteiger partial charge < -0.3 is 20.4 Å². The molecule has 1 saturated carbocycles. The van der Waals surface area contributed by atoms with E-state index in [-0.39, 0.29) is 12.6 Å². The summed E-state index contributed by atoms with van der Waals surface area (Å²) in [7, 11) is 0. The Morgan fingerprint density at radius 2 is 2.00 bits per heavy atom. The molecule has 2 fully saturated rings. The first-order valence-corrected chi connectivity index (χ1v) is 6.33. The van der Waals surface area contributed by atoms with Gasteiger partial charge in [-0.05, 0) is 26.2 Å². The van der Waals surface area contributed by atoms with Crippen molar-refractivity contribution in [3.8, 4) is 0 Å². The molecule has 1 unspecified atom stereocenters. The van der Waals surface area contributed by atoms with E-state index in [1.807, 2.05) is 0 Å². The molecule has 0 aromatic carbocycles. The Bertz CT molecular complexity index is 363. The van der Waals surface area contributed by atoms with Gasteiger partial charge >= 0.3 is 12.0 Å². The molecule has 0 radical (unpaired) electrons. The van der Waals surface area contributed by atoms with E-state index in [1.165, 1.54) is 4.90 Å². The zero-order valence-corrected chi connectivity index (χ0v) is 10.6. The van der Waals surface area contributed by atoms with Gasteiger partial charge in [0.2, 0.25) is 0 Å². The van der Waals surface area contributed by atoms with Crippen molar-refractivity contribution in [2.24, 2.45) is 5.41 Å². The lowest BCUT2D eigenvalue weighted by molar-refractivity contribution is -0.153. The summed E-state index contributed by atoms with van der Waals surface area (Å²) in [6.45, 7) is 2.70. The average molecular weight is 256 g/mol. The second-order valence-electron chi connectivity index (χ2n) is 5.77. The number of hydrogen-bond acceptors (Lipinski definition) is 3. The highest BCUT2D eigenvalue weighted by Gasteiger charge is 2.45. The number of β-amino-alcohol motifs (C(OH)–C–C–N with tert-alkyl or cyclic N) is 1. The molecule has 18 heavy (non-hydrogen) atoms. The Morgan fingerprint density at radius 3 is 2.39 bits per heavy atom. The zero-order valence-electron chi connectivity index (χ0n) is 10.6. The molecule has 0 aromatic heterocycles. The normalized spacial score (nSPS) is 29.8. The number of carboxylic acid groups (broad SMARTS) is 1. The predicted octanol–water partition coefficient (Wildman–Crippen LogP) is 0.408. The molecule has 6 nitrogen and oxygen atoms in total. The van der Waals surface area contributed by atoms with Crippen LogP contribution in [0.25, 0.3) is 0 Å². The maximum atomic E-state index is 11.9. The zero-order chi connectivity index (χ0) is 13.4. The second-order valence-corrected chi connectivity index (χ2v) is 5.77. The Kier molecular flexibility index (Phi) is 3.23. The number of aliphatic carboxylic acids is 1. The summed E-state index contributed by atoms with van der Waals surface area (Å²) >= 11 is 0. The molecule has 2 rings (SSSR count). The molecule has 2 aliphatic rings. The van der Waals surface area contributed by atoms with Gasteiger partial charge in [-0.2, -0.15) is 0 Å². The van der Waals surface area contributed by atoms with E-state index >= 15 is 0 Å². The smallest absolute Gasteiger partial charge is 0.317 e. The summed E-state index contributed by atoms with van der Waals surface area (Å²) in [5.41, 5.74) is -1.59. The molecule has 1 atom stereocenters. The van der Waals surface area contributed by atoms with Gasteiger partial charge in [0.25, 0.3) is 0 Å². The van der Waals surface area contributed by atoms with Crippen LogP contribution in [0.3, 0.4) is 0 Å². The maximum absolute atomic E-state index is 11.9. The van der Waals surface area contributed by atoms with E-state index in [4.69, 9.17) is 5.11 Å². The van der Waals surface area contributed by atoms with Crippen LogP contribution < -0.4 is 5.32 Å². The molecular formula is C12H20N2O4. The van der Waals surface area contributed by atoms with Gasteiger partial charge in [-0.1, -0.05) is 6.42 Å². The lowest BCUT2D eigenvalue weighted by Crippen LogP contribution is -2.50. The van der Waals surface area contributed by atoms with E-state index in [0.717, 1.165) is 6.42 Å². The third-order valence-corrected chi connectivity index (χ3v) is 4.08. The lowest BCUT2D eigenvalue weighted by Gasteiger charge is -2.38. The van der Waals surface area contributed by atoms with Gasteiger partial charge in [0.05, 0.1) is 17.6 Å². The number of likely N-dealkylation sites (tertiary alicyclic amines) is 1. The molecule has 0 bridgehead atoms. The number of nitrogens with zero attached hydrogens (tertiary/aromatic N) is 1. The van der Waals surface area contributed by atoms with Crippen molar-refractivity contribution < 1.29 is 19.8 Å². The number of urea groups is 1. The number of carbonyl (C=O) groups is 2. The van der Waals surface area contributed by atoms with Crippen LogP contribution in [0.2, 0.25) is 0 Å². The van der Waals surface area contributed by atoms with E-state index in [1.54, 1.807) is 6.92 Å². The topological polar surface area (TPSA) is 89.9 Å². The molecule has 0 aromatic rings. The standard InChI is InChI=1S/C12H20N2O4/c1-11(18)5-6-14(8-11)10(17)13-7-12(9(15)16)3-2-4-12/h18H,2-8H2,1H3,(H,13,17)(H,15,16). The van der Waals surface area contributed by atoms with E-state index < -0.39 is 17.0 Å². The van der Waals surface area contributed by atoms with Crippen LogP contribution in [0, 0.1) is 5.41 Å². The minimum atomic E-state index is -0.831. The number of rotatable bonds is 3. The SMILES string of the molecule is CC1(O)CCN(C(=O)NCC2(C(=O)O)CCC2)C1. The number of hydrogen-bond donors (Lipinski definition) is 3. The molecule has 1 heterocycles.